The van der Waals surface area contributed by atoms with E-state index in [1.165, 1.54) is 11.3 Å². The molecule has 1 saturated heterocycles. The van der Waals surface area contributed by atoms with E-state index in [2.05, 4.69) is 5.32 Å². The van der Waals surface area contributed by atoms with Gasteiger partial charge in [0, 0.05) is 6.54 Å². The van der Waals surface area contributed by atoms with Gasteiger partial charge in [-0.3, -0.25) is 4.79 Å². The Hall–Kier alpha value is -0.880. The smallest absolute Gasteiger partial charge is 0.261 e. The van der Waals surface area contributed by atoms with Gasteiger partial charge >= 0.3 is 0 Å². The Labute approximate surface area is 105 Å². The van der Waals surface area contributed by atoms with Gasteiger partial charge in [0.15, 0.2) is 9.84 Å². The van der Waals surface area contributed by atoms with E-state index in [0.717, 1.165) is 12.8 Å². The molecular formula is C11H15NO3S2. The zero-order valence-corrected chi connectivity index (χ0v) is 11.0. The summed E-state index contributed by atoms with van der Waals surface area (Å²) in [5.41, 5.74) is 0. The molecule has 6 heteroatoms. The highest BCUT2D eigenvalue weighted by atomic mass is 32.2. The number of amides is 1. The van der Waals surface area contributed by atoms with Crippen LogP contribution in [0.1, 0.15) is 22.5 Å². The van der Waals surface area contributed by atoms with Crippen molar-refractivity contribution >= 4 is 27.1 Å². The van der Waals surface area contributed by atoms with Gasteiger partial charge in [0.05, 0.1) is 16.4 Å². The summed E-state index contributed by atoms with van der Waals surface area (Å²) in [4.78, 5) is 12.3. The van der Waals surface area contributed by atoms with E-state index in [4.69, 9.17) is 0 Å². The van der Waals surface area contributed by atoms with Gasteiger partial charge in [-0.2, -0.15) is 0 Å². The fraction of sp³-hybridized carbons (Fsp3) is 0.545. The number of sulfone groups is 1. The molecule has 1 aliphatic heterocycles. The van der Waals surface area contributed by atoms with Gasteiger partial charge in [-0.15, -0.1) is 11.3 Å². The highest BCUT2D eigenvalue weighted by molar-refractivity contribution is 7.91. The topological polar surface area (TPSA) is 63.2 Å². The second-order valence-corrected chi connectivity index (χ2v) is 7.47. The third-order valence-corrected chi connectivity index (χ3v) is 5.62. The molecule has 1 aromatic heterocycles. The number of thiophene rings is 1. The minimum atomic E-state index is -2.80. The fourth-order valence-electron chi connectivity index (χ4n) is 1.98. The monoisotopic (exact) mass is 273 g/mol. The van der Waals surface area contributed by atoms with Crippen molar-refractivity contribution in [3.8, 4) is 0 Å². The summed E-state index contributed by atoms with van der Waals surface area (Å²) in [7, 11) is -2.80. The maximum Gasteiger partial charge on any atom is 0.261 e. The highest BCUT2D eigenvalue weighted by Crippen LogP contribution is 2.20. The summed E-state index contributed by atoms with van der Waals surface area (Å²) in [6.45, 7) is 0.552. The molecule has 0 aliphatic carbocycles. The van der Waals surface area contributed by atoms with Gasteiger partial charge in [0.2, 0.25) is 0 Å². The summed E-state index contributed by atoms with van der Waals surface area (Å²) in [6, 6.07) is 3.61. The van der Waals surface area contributed by atoms with Gasteiger partial charge < -0.3 is 5.32 Å². The molecule has 17 heavy (non-hydrogen) atoms. The summed E-state index contributed by atoms with van der Waals surface area (Å²) >= 11 is 1.41. The van der Waals surface area contributed by atoms with Crippen LogP contribution in [0.4, 0.5) is 0 Å². The van der Waals surface area contributed by atoms with Crippen LogP contribution in [0.2, 0.25) is 0 Å². The first-order valence-electron chi connectivity index (χ1n) is 5.59. The average Bonchev–Trinajstić information content (AvgIpc) is 2.87. The molecule has 1 amide bonds. The number of hydrogen-bond acceptors (Lipinski definition) is 4. The van der Waals surface area contributed by atoms with Crippen LogP contribution in [0.5, 0.6) is 0 Å². The number of nitrogens with one attached hydrogen (secondary N) is 1. The molecule has 1 N–H and O–H groups in total. The van der Waals surface area contributed by atoms with E-state index in [1.54, 1.807) is 6.07 Å². The fourth-order valence-corrected chi connectivity index (χ4v) is 4.54. The predicted molar refractivity (Wildman–Crippen MR) is 68.0 cm³/mol. The molecule has 1 aliphatic rings. The number of carbonyl (C=O) groups excluding carboxylic acids is 1. The van der Waals surface area contributed by atoms with Gasteiger partial charge in [-0.25, -0.2) is 8.42 Å². The molecule has 1 unspecified atom stereocenters. The minimum absolute atomic E-state index is 0.0687. The zero-order valence-electron chi connectivity index (χ0n) is 9.39. The number of carbonyl (C=O) groups is 1. The number of rotatable bonds is 4. The molecule has 1 fully saturated rings. The van der Waals surface area contributed by atoms with Crippen LogP contribution in [-0.2, 0) is 9.84 Å². The van der Waals surface area contributed by atoms with Crippen LogP contribution in [0.3, 0.4) is 0 Å². The molecule has 94 valence electrons. The maximum atomic E-state index is 11.6. The minimum Gasteiger partial charge on any atom is -0.351 e. The Kier molecular flexibility index (Phi) is 3.83. The van der Waals surface area contributed by atoms with Crippen LogP contribution in [-0.4, -0.2) is 32.4 Å². The Morgan fingerprint density at radius 1 is 1.53 bits per heavy atom. The first kappa shape index (κ1) is 12.6. The molecular weight excluding hydrogens is 258 g/mol. The van der Waals surface area contributed by atoms with Crippen LogP contribution in [0.15, 0.2) is 17.5 Å². The van der Waals surface area contributed by atoms with Crippen LogP contribution < -0.4 is 5.32 Å². The van der Waals surface area contributed by atoms with Gasteiger partial charge in [0.25, 0.3) is 5.91 Å². The van der Waals surface area contributed by atoms with Crippen molar-refractivity contribution in [3.63, 3.8) is 0 Å². The van der Waals surface area contributed by atoms with Gasteiger partial charge in [-0.1, -0.05) is 6.07 Å². The largest absolute Gasteiger partial charge is 0.351 e. The average molecular weight is 273 g/mol. The lowest BCUT2D eigenvalue weighted by atomic mass is 10.1. The Morgan fingerprint density at radius 2 is 2.35 bits per heavy atom. The lowest BCUT2D eigenvalue weighted by Gasteiger charge is -2.07. The Balaban J connectivity index is 1.72. The SMILES string of the molecule is O=C(NCCC1CCS(=O)(=O)C1)c1cccs1. The standard InChI is InChI=1S/C11H15NO3S2/c13-11(10-2-1-6-16-10)12-5-3-9-4-7-17(14,15)8-9/h1-2,6,9H,3-5,7-8H2,(H,12,13). The molecule has 1 aromatic rings. The maximum absolute atomic E-state index is 11.6. The molecule has 2 heterocycles. The van der Waals surface area contributed by atoms with E-state index in [9.17, 15) is 13.2 Å². The van der Waals surface area contributed by atoms with Crippen LogP contribution >= 0.6 is 11.3 Å². The second kappa shape index (κ2) is 5.18. The molecule has 1 atom stereocenters. The van der Waals surface area contributed by atoms with Crippen LogP contribution in [0, 0.1) is 5.92 Å². The second-order valence-electron chi connectivity index (χ2n) is 4.29. The first-order chi connectivity index (χ1) is 8.07. The van der Waals surface area contributed by atoms with E-state index in [-0.39, 0.29) is 17.6 Å². The van der Waals surface area contributed by atoms with Gasteiger partial charge in [-0.05, 0) is 30.2 Å². The Morgan fingerprint density at radius 3 is 2.94 bits per heavy atom. The summed E-state index contributed by atoms with van der Waals surface area (Å²) in [5, 5.41) is 4.68. The quantitative estimate of drug-likeness (QED) is 0.899. The highest BCUT2D eigenvalue weighted by Gasteiger charge is 2.27. The van der Waals surface area contributed by atoms with Crippen molar-refractivity contribution in [1.29, 1.82) is 0 Å². The molecule has 0 aromatic carbocycles. The Bertz CT molecular complexity index is 479. The molecule has 0 spiro atoms. The molecule has 4 nitrogen and oxygen atoms in total. The third kappa shape index (κ3) is 3.54. The summed E-state index contributed by atoms with van der Waals surface area (Å²) < 4.78 is 22.5. The van der Waals surface area contributed by atoms with Crippen molar-refractivity contribution in [2.24, 2.45) is 5.92 Å². The van der Waals surface area contributed by atoms with Gasteiger partial charge in [0.1, 0.15) is 0 Å². The first-order valence-corrected chi connectivity index (χ1v) is 8.29. The van der Waals surface area contributed by atoms with E-state index >= 15 is 0 Å². The van der Waals surface area contributed by atoms with Crippen molar-refractivity contribution in [1.82, 2.24) is 5.32 Å². The lowest BCUT2D eigenvalue weighted by molar-refractivity contribution is 0.0956. The van der Waals surface area contributed by atoms with Crippen molar-refractivity contribution in [2.75, 3.05) is 18.1 Å². The van der Waals surface area contributed by atoms with Crippen molar-refractivity contribution in [3.05, 3.63) is 22.4 Å². The lowest BCUT2D eigenvalue weighted by Crippen LogP contribution is -2.25. The van der Waals surface area contributed by atoms with E-state index in [0.29, 0.717) is 17.2 Å². The molecule has 2 rings (SSSR count). The normalized spacial score (nSPS) is 22.5. The van der Waals surface area contributed by atoms with E-state index < -0.39 is 9.84 Å². The zero-order chi connectivity index (χ0) is 12.3. The molecule has 0 bridgehead atoms. The molecule has 0 radical (unpaired) electrons. The van der Waals surface area contributed by atoms with Crippen molar-refractivity contribution in [2.45, 2.75) is 12.8 Å². The third-order valence-electron chi connectivity index (χ3n) is 2.91. The van der Waals surface area contributed by atoms with Crippen LogP contribution in [0.25, 0.3) is 0 Å². The van der Waals surface area contributed by atoms with Crippen molar-refractivity contribution < 1.29 is 13.2 Å². The summed E-state index contributed by atoms with van der Waals surface area (Å²) in [6.07, 6.45) is 1.48. The van der Waals surface area contributed by atoms with E-state index in [1.807, 2.05) is 11.4 Å². The predicted octanol–water partition coefficient (Wildman–Crippen LogP) is 1.30. The summed E-state index contributed by atoms with van der Waals surface area (Å²) in [5.74, 6) is 0.725. The number of hydrogen-bond donors (Lipinski definition) is 1. The molecule has 0 saturated carbocycles.